The highest BCUT2D eigenvalue weighted by Gasteiger charge is 2.10. The van der Waals surface area contributed by atoms with Crippen LogP contribution in [-0.2, 0) is 6.42 Å². The Morgan fingerprint density at radius 1 is 1.62 bits per heavy atom. The fraction of sp³-hybridized carbons (Fsp3) is 0.222. The second-order valence-electron chi connectivity index (χ2n) is 3.09. The summed E-state index contributed by atoms with van der Waals surface area (Å²) < 4.78 is 0. The topological polar surface area (TPSA) is 96.7 Å². The van der Waals surface area contributed by atoms with Crippen molar-refractivity contribution in [3.63, 3.8) is 0 Å². The molecule has 0 aliphatic heterocycles. The number of carbonyl (C=O) groups excluding carboxylic acids is 1. The molecule has 0 fully saturated rings. The van der Waals surface area contributed by atoms with Crippen molar-refractivity contribution in [3.05, 3.63) is 28.3 Å². The van der Waals surface area contributed by atoms with Crippen molar-refractivity contribution in [1.29, 1.82) is 0 Å². The fourth-order valence-electron chi connectivity index (χ4n) is 1.17. The van der Waals surface area contributed by atoms with Crippen molar-refractivity contribution in [2.45, 2.75) is 6.42 Å². The number of hydrogen-bond donors (Lipinski definition) is 3. The van der Waals surface area contributed by atoms with Crippen LogP contribution in [0.4, 0.5) is 5.82 Å². The Labute approximate surface area is 95.9 Å². The van der Waals surface area contributed by atoms with Gasteiger partial charge in [-0.15, -0.1) is 11.3 Å². The van der Waals surface area contributed by atoms with E-state index in [9.17, 15) is 4.79 Å². The van der Waals surface area contributed by atoms with Crippen LogP contribution in [0.5, 0.6) is 0 Å². The second kappa shape index (κ2) is 4.86. The molecule has 2 aromatic heterocycles. The zero-order chi connectivity index (χ0) is 11.4. The Hall–Kier alpha value is -1.73. The third-order valence-electron chi connectivity index (χ3n) is 1.89. The Morgan fingerprint density at radius 3 is 3.19 bits per heavy atom. The van der Waals surface area contributed by atoms with Gasteiger partial charge in [-0.1, -0.05) is 0 Å². The number of amides is 1. The molecule has 0 saturated carbocycles. The van der Waals surface area contributed by atoms with E-state index in [1.54, 1.807) is 17.6 Å². The van der Waals surface area contributed by atoms with Gasteiger partial charge in [0.25, 0.3) is 5.91 Å². The SMILES string of the molecule is NCCc1nc(C(=O)Nc2ccn[nH]2)cs1. The number of nitrogens with zero attached hydrogens (tertiary/aromatic N) is 2. The van der Waals surface area contributed by atoms with Crippen LogP contribution in [-0.4, -0.2) is 27.6 Å². The molecule has 2 aromatic rings. The number of nitrogens with one attached hydrogen (secondary N) is 2. The number of carbonyl (C=O) groups is 1. The Balaban J connectivity index is 2.03. The summed E-state index contributed by atoms with van der Waals surface area (Å²) >= 11 is 1.44. The zero-order valence-corrected chi connectivity index (χ0v) is 9.25. The Morgan fingerprint density at radius 2 is 2.50 bits per heavy atom. The van der Waals surface area contributed by atoms with Gasteiger partial charge in [-0.3, -0.25) is 9.89 Å². The van der Waals surface area contributed by atoms with Gasteiger partial charge in [0.1, 0.15) is 11.5 Å². The van der Waals surface area contributed by atoms with Crippen molar-refractivity contribution >= 4 is 23.1 Å². The molecule has 2 rings (SSSR count). The summed E-state index contributed by atoms with van der Waals surface area (Å²) in [6.45, 7) is 0.537. The summed E-state index contributed by atoms with van der Waals surface area (Å²) in [6, 6.07) is 1.67. The van der Waals surface area contributed by atoms with E-state index in [-0.39, 0.29) is 5.91 Å². The molecule has 0 saturated heterocycles. The lowest BCUT2D eigenvalue weighted by Crippen LogP contribution is -2.13. The van der Waals surface area contributed by atoms with Gasteiger partial charge in [-0.25, -0.2) is 4.98 Å². The zero-order valence-electron chi connectivity index (χ0n) is 8.43. The first-order valence-corrected chi connectivity index (χ1v) is 5.63. The van der Waals surface area contributed by atoms with Crippen LogP contribution < -0.4 is 11.1 Å². The summed E-state index contributed by atoms with van der Waals surface area (Å²) in [5, 5.41) is 11.6. The summed E-state index contributed by atoms with van der Waals surface area (Å²) in [7, 11) is 0. The van der Waals surface area contributed by atoms with E-state index < -0.39 is 0 Å². The Bertz CT molecular complexity index is 464. The van der Waals surface area contributed by atoms with Crippen LogP contribution in [0.25, 0.3) is 0 Å². The molecule has 84 valence electrons. The molecule has 0 atom stereocenters. The minimum atomic E-state index is -0.247. The number of nitrogens with two attached hydrogens (primary N) is 1. The predicted molar refractivity (Wildman–Crippen MR) is 61.4 cm³/mol. The van der Waals surface area contributed by atoms with E-state index in [0.29, 0.717) is 24.5 Å². The number of H-pyrrole nitrogens is 1. The largest absolute Gasteiger partial charge is 0.330 e. The van der Waals surface area contributed by atoms with E-state index in [1.165, 1.54) is 11.3 Å². The van der Waals surface area contributed by atoms with E-state index in [0.717, 1.165) is 5.01 Å². The van der Waals surface area contributed by atoms with Gasteiger partial charge in [0.15, 0.2) is 0 Å². The lowest BCUT2D eigenvalue weighted by Gasteiger charge is -1.97. The quantitative estimate of drug-likeness (QED) is 0.726. The average molecular weight is 237 g/mol. The molecule has 2 heterocycles. The van der Waals surface area contributed by atoms with Crippen LogP contribution >= 0.6 is 11.3 Å². The first kappa shape index (κ1) is 10.8. The molecule has 0 aliphatic rings. The standard InChI is InChI=1S/C9H11N5OS/c10-3-1-8-12-6(5-16-8)9(15)13-7-2-4-11-14-7/h2,4-5H,1,3,10H2,(H2,11,13,14,15). The normalized spacial score (nSPS) is 10.3. The number of aromatic nitrogens is 3. The van der Waals surface area contributed by atoms with Gasteiger partial charge >= 0.3 is 0 Å². The van der Waals surface area contributed by atoms with E-state index in [1.807, 2.05) is 0 Å². The molecule has 0 aromatic carbocycles. The maximum Gasteiger partial charge on any atom is 0.276 e. The number of anilines is 1. The first-order valence-electron chi connectivity index (χ1n) is 4.75. The van der Waals surface area contributed by atoms with Crippen molar-refractivity contribution < 1.29 is 4.79 Å². The van der Waals surface area contributed by atoms with Gasteiger partial charge in [-0.2, -0.15) is 5.10 Å². The van der Waals surface area contributed by atoms with Gasteiger partial charge in [-0.05, 0) is 6.54 Å². The summed E-state index contributed by atoms with van der Waals surface area (Å²) in [5.41, 5.74) is 5.81. The third kappa shape index (κ3) is 2.44. The maximum absolute atomic E-state index is 11.7. The highest BCUT2D eigenvalue weighted by Crippen LogP contribution is 2.11. The molecule has 0 bridgehead atoms. The third-order valence-corrected chi connectivity index (χ3v) is 2.80. The minimum absolute atomic E-state index is 0.247. The molecule has 7 heteroatoms. The molecule has 0 radical (unpaired) electrons. The van der Waals surface area contributed by atoms with Gasteiger partial charge in [0.05, 0.1) is 11.2 Å². The van der Waals surface area contributed by atoms with Crippen molar-refractivity contribution in [2.24, 2.45) is 5.73 Å². The van der Waals surface area contributed by atoms with Gasteiger partial charge in [0, 0.05) is 17.9 Å². The molecule has 4 N–H and O–H groups in total. The maximum atomic E-state index is 11.7. The Kier molecular flexibility index (Phi) is 3.28. The van der Waals surface area contributed by atoms with E-state index >= 15 is 0 Å². The molecule has 16 heavy (non-hydrogen) atoms. The summed E-state index contributed by atoms with van der Waals surface area (Å²) in [6.07, 6.45) is 2.26. The number of thiazole rings is 1. The van der Waals surface area contributed by atoms with Gasteiger partial charge in [0.2, 0.25) is 0 Å². The number of aromatic amines is 1. The molecular formula is C9H11N5OS. The van der Waals surface area contributed by atoms with E-state index in [2.05, 4.69) is 20.5 Å². The first-order chi connectivity index (χ1) is 7.79. The second-order valence-corrected chi connectivity index (χ2v) is 4.03. The summed E-state index contributed by atoms with van der Waals surface area (Å²) in [5.74, 6) is 0.308. The lowest BCUT2D eigenvalue weighted by molar-refractivity contribution is 0.102. The highest BCUT2D eigenvalue weighted by atomic mass is 32.1. The highest BCUT2D eigenvalue weighted by molar-refractivity contribution is 7.09. The van der Waals surface area contributed by atoms with Crippen LogP contribution in [0.2, 0.25) is 0 Å². The molecule has 0 unspecified atom stereocenters. The van der Waals surface area contributed by atoms with Crippen molar-refractivity contribution in [3.8, 4) is 0 Å². The van der Waals surface area contributed by atoms with Crippen molar-refractivity contribution in [2.75, 3.05) is 11.9 Å². The smallest absolute Gasteiger partial charge is 0.276 e. The van der Waals surface area contributed by atoms with Crippen LogP contribution in [0.3, 0.4) is 0 Å². The van der Waals surface area contributed by atoms with Crippen LogP contribution in [0.15, 0.2) is 17.6 Å². The van der Waals surface area contributed by atoms with Gasteiger partial charge < -0.3 is 11.1 Å². The molecule has 0 aliphatic carbocycles. The monoisotopic (exact) mass is 237 g/mol. The average Bonchev–Trinajstić information content (AvgIpc) is 2.89. The molecule has 0 spiro atoms. The number of hydrogen-bond acceptors (Lipinski definition) is 5. The van der Waals surface area contributed by atoms with E-state index in [4.69, 9.17) is 5.73 Å². The molecule has 1 amide bonds. The van der Waals surface area contributed by atoms with Crippen LogP contribution in [0, 0.1) is 0 Å². The lowest BCUT2D eigenvalue weighted by atomic mass is 10.4. The van der Waals surface area contributed by atoms with Crippen LogP contribution in [0.1, 0.15) is 15.5 Å². The molecule has 6 nitrogen and oxygen atoms in total. The fourth-order valence-corrected chi connectivity index (χ4v) is 1.96. The number of rotatable bonds is 4. The molecular weight excluding hydrogens is 226 g/mol. The minimum Gasteiger partial charge on any atom is -0.330 e. The van der Waals surface area contributed by atoms with Crippen molar-refractivity contribution in [1.82, 2.24) is 15.2 Å². The predicted octanol–water partition coefficient (Wildman–Crippen LogP) is 0.620. The summed E-state index contributed by atoms with van der Waals surface area (Å²) in [4.78, 5) is 15.9.